The maximum atomic E-state index is 5.09. The van der Waals surface area contributed by atoms with E-state index >= 15 is 0 Å². The first-order chi connectivity index (χ1) is 3.93. The predicted octanol–water partition coefficient (Wildman–Crippen LogP) is 0.339. The van der Waals surface area contributed by atoms with Gasteiger partial charge in [-0.1, -0.05) is 0 Å². The van der Waals surface area contributed by atoms with Gasteiger partial charge in [0, 0.05) is 0 Å². The number of nitrogens with two attached hydrogens (primary N) is 1. The Bertz CT molecular complexity index is 164. The standard InChI is InChI=1S/C5H7N3/c6-2-1-5-3-7-4-8-5/h1-4H,6H2,(H,7,8)/b2-1+. The number of hydrogen-bond donors (Lipinski definition) is 2. The molecule has 0 atom stereocenters. The molecule has 0 amide bonds. The van der Waals surface area contributed by atoms with Crippen LogP contribution in [-0.2, 0) is 0 Å². The summed E-state index contributed by atoms with van der Waals surface area (Å²) in [6.45, 7) is 0. The fourth-order valence-corrected chi connectivity index (χ4v) is 0.461. The van der Waals surface area contributed by atoms with E-state index in [-0.39, 0.29) is 0 Å². The van der Waals surface area contributed by atoms with Gasteiger partial charge in [0.15, 0.2) is 0 Å². The zero-order valence-corrected chi connectivity index (χ0v) is 4.33. The first-order valence-corrected chi connectivity index (χ1v) is 2.30. The number of nitrogens with zero attached hydrogens (tertiary/aromatic N) is 1. The minimum Gasteiger partial charge on any atom is -0.405 e. The van der Waals surface area contributed by atoms with E-state index < -0.39 is 0 Å². The van der Waals surface area contributed by atoms with Crippen molar-refractivity contribution in [1.82, 2.24) is 9.97 Å². The molecular weight excluding hydrogens is 102 g/mol. The Morgan fingerprint density at radius 3 is 3.12 bits per heavy atom. The molecular formula is C5H7N3. The molecule has 1 aromatic rings. The molecule has 3 N–H and O–H groups in total. The summed E-state index contributed by atoms with van der Waals surface area (Å²) < 4.78 is 0. The second-order valence-electron chi connectivity index (χ2n) is 1.37. The lowest BCUT2D eigenvalue weighted by atomic mass is 10.5. The van der Waals surface area contributed by atoms with Crippen LogP contribution in [0.2, 0.25) is 0 Å². The van der Waals surface area contributed by atoms with Gasteiger partial charge in [-0.3, -0.25) is 0 Å². The Morgan fingerprint density at radius 2 is 2.62 bits per heavy atom. The highest BCUT2D eigenvalue weighted by molar-refractivity contribution is 5.41. The van der Waals surface area contributed by atoms with E-state index in [1.54, 1.807) is 18.6 Å². The lowest BCUT2D eigenvalue weighted by Crippen LogP contribution is -1.75. The van der Waals surface area contributed by atoms with Crippen LogP contribution in [0.15, 0.2) is 18.7 Å². The summed E-state index contributed by atoms with van der Waals surface area (Å²) in [6.07, 6.45) is 6.51. The molecule has 3 nitrogen and oxygen atoms in total. The molecule has 0 aliphatic heterocycles. The minimum atomic E-state index is 0.924. The minimum absolute atomic E-state index is 0.924. The van der Waals surface area contributed by atoms with Crippen molar-refractivity contribution < 1.29 is 0 Å². The van der Waals surface area contributed by atoms with Crippen molar-refractivity contribution in [3.63, 3.8) is 0 Å². The van der Waals surface area contributed by atoms with Gasteiger partial charge in [0.1, 0.15) is 0 Å². The zero-order valence-electron chi connectivity index (χ0n) is 4.33. The van der Waals surface area contributed by atoms with E-state index in [2.05, 4.69) is 9.97 Å². The number of aromatic nitrogens is 2. The fourth-order valence-electron chi connectivity index (χ4n) is 0.461. The molecule has 42 valence electrons. The number of hydrogen-bond acceptors (Lipinski definition) is 2. The second-order valence-corrected chi connectivity index (χ2v) is 1.37. The molecule has 0 aliphatic carbocycles. The molecule has 0 radical (unpaired) electrons. The molecule has 0 fully saturated rings. The van der Waals surface area contributed by atoms with Gasteiger partial charge in [0.05, 0.1) is 18.2 Å². The van der Waals surface area contributed by atoms with Crippen molar-refractivity contribution in [2.24, 2.45) is 5.73 Å². The van der Waals surface area contributed by atoms with Gasteiger partial charge in [-0.15, -0.1) is 0 Å². The fraction of sp³-hybridized carbons (Fsp3) is 0. The number of rotatable bonds is 1. The van der Waals surface area contributed by atoms with Crippen LogP contribution in [0, 0.1) is 0 Å². The maximum absolute atomic E-state index is 5.09. The third-order valence-electron chi connectivity index (χ3n) is 0.795. The van der Waals surface area contributed by atoms with Crippen LogP contribution in [0.4, 0.5) is 0 Å². The molecule has 0 saturated carbocycles. The van der Waals surface area contributed by atoms with Gasteiger partial charge in [-0.25, -0.2) is 4.98 Å². The number of nitrogens with one attached hydrogen (secondary N) is 1. The van der Waals surface area contributed by atoms with Gasteiger partial charge in [-0.2, -0.15) is 0 Å². The monoisotopic (exact) mass is 109 g/mol. The Labute approximate surface area is 47.2 Å². The van der Waals surface area contributed by atoms with Crippen molar-refractivity contribution in [1.29, 1.82) is 0 Å². The summed E-state index contributed by atoms with van der Waals surface area (Å²) in [4.78, 5) is 6.64. The summed E-state index contributed by atoms with van der Waals surface area (Å²) in [6, 6.07) is 0. The van der Waals surface area contributed by atoms with Crippen molar-refractivity contribution in [3.8, 4) is 0 Å². The first kappa shape index (κ1) is 4.90. The Morgan fingerprint density at radius 1 is 1.75 bits per heavy atom. The third kappa shape index (κ3) is 0.872. The largest absolute Gasteiger partial charge is 0.405 e. The van der Waals surface area contributed by atoms with Crippen LogP contribution in [0.1, 0.15) is 5.69 Å². The Balaban J connectivity index is 2.77. The molecule has 8 heavy (non-hydrogen) atoms. The summed E-state index contributed by atoms with van der Waals surface area (Å²) >= 11 is 0. The van der Waals surface area contributed by atoms with Crippen LogP contribution in [0.3, 0.4) is 0 Å². The highest BCUT2D eigenvalue weighted by Crippen LogP contribution is 1.90. The normalized spacial score (nSPS) is 10.5. The summed E-state index contributed by atoms with van der Waals surface area (Å²) in [7, 11) is 0. The van der Waals surface area contributed by atoms with E-state index in [4.69, 9.17) is 5.73 Å². The number of imidazole rings is 1. The van der Waals surface area contributed by atoms with Crippen LogP contribution < -0.4 is 5.73 Å². The summed E-state index contributed by atoms with van der Waals surface area (Å²) in [5, 5.41) is 0. The molecule has 0 aromatic carbocycles. The molecule has 0 spiro atoms. The van der Waals surface area contributed by atoms with Crippen LogP contribution in [0.25, 0.3) is 6.08 Å². The van der Waals surface area contributed by atoms with Crippen LogP contribution in [-0.4, -0.2) is 9.97 Å². The van der Waals surface area contributed by atoms with Crippen molar-refractivity contribution >= 4 is 6.08 Å². The van der Waals surface area contributed by atoms with E-state index in [0.717, 1.165) is 5.69 Å². The van der Waals surface area contributed by atoms with Gasteiger partial charge in [0.2, 0.25) is 0 Å². The lowest BCUT2D eigenvalue weighted by molar-refractivity contribution is 1.31. The van der Waals surface area contributed by atoms with E-state index in [9.17, 15) is 0 Å². The number of H-pyrrole nitrogens is 1. The molecule has 0 saturated heterocycles. The van der Waals surface area contributed by atoms with Crippen molar-refractivity contribution in [2.75, 3.05) is 0 Å². The average molecular weight is 109 g/mol. The summed E-state index contributed by atoms with van der Waals surface area (Å²) in [5.74, 6) is 0. The van der Waals surface area contributed by atoms with Gasteiger partial charge in [-0.05, 0) is 12.3 Å². The van der Waals surface area contributed by atoms with Crippen molar-refractivity contribution in [3.05, 3.63) is 24.4 Å². The highest BCUT2D eigenvalue weighted by Gasteiger charge is 1.80. The van der Waals surface area contributed by atoms with E-state index in [1.165, 1.54) is 6.20 Å². The average Bonchev–Trinajstić information content (AvgIpc) is 2.19. The second kappa shape index (κ2) is 2.16. The molecule has 0 aliphatic rings. The summed E-state index contributed by atoms with van der Waals surface area (Å²) in [5.41, 5.74) is 6.02. The number of aromatic amines is 1. The van der Waals surface area contributed by atoms with Gasteiger partial charge >= 0.3 is 0 Å². The molecule has 1 heterocycles. The highest BCUT2D eigenvalue weighted by atomic mass is 14.8. The van der Waals surface area contributed by atoms with Crippen molar-refractivity contribution in [2.45, 2.75) is 0 Å². The first-order valence-electron chi connectivity index (χ1n) is 2.30. The smallest absolute Gasteiger partial charge is 0.0924 e. The van der Waals surface area contributed by atoms with E-state index in [0.29, 0.717) is 0 Å². The maximum Gasteiger partial charge on any atom is 0.0924 e. The van der Waals surface area contributed by atoms with Gasteiger partial charge < -0.3 is 10.7 Å². The van der Waals surface area contributed by atoms with Crippen LogP contribution in [0.5, 0.6) is 0 Å². The van der Waals surface area contributed by atoms with Gasteiger partial charge in [0.25, 0.3) is 0 Å². The van der Waals surface area contributed by atoms with Crippen LogP contribution >= 0.6 is 0 Å². The SMILES string of the molecule is N/C=C/c1cnc[nH]1. The zero-order chi connectivity index (χ0) is 5.82. The third-order valence-corrected chi connectivity index (χ3v) is 0.795. The molecule has 0 unspecified atom stereocenters. The Hall–Kier alpha value is -1.25. The van der Waals surface area contributed by atoms with E-state index in [1.807, 2.05) is 0 Å². The Kier molecular flexibility index (Phi) is 1.32. The molecule has 1 rings (SSSR count). The molecule has 1 aromatic heterocycles. The molecule has 3 heteroatoms. The molecule has 0 bridgehead atoms. The predicted molar refractivity (Wildman–Crippen MR) is 31.8 cm³/mol. The quantitative estimate of drug-likeness (QED) is 0.546. The lowest BCUT2D eigenvalue weighted by Gasteiger charge is -1.76. The topological polar surface area (TPSA) is 54.7 Å².